The summed E-state index contributed by atoms with van der Waals surface area (Å²) in [5.41, 5.74) is 1.78. The largest absolute Gasteiger partial charge is 0.324 e. The van der Waals surface area contributed by atoms with Crippen molar-refractivity contribution in [2.75, 3.05) is 5.32 Å². The number of nitrogens with one attached hydrogen (secondary N) is 1. The van der Waals surface area contributed by atoms with Crippen LogP contribution in [0, 0.1) is 0 Å². The van der Waals surface area contributed by atoms with Crippen molar-refractivity contribution < 1.29 is 4.79 Å². The van der Waals surface area contributed by atoms with Crippen LogP contribution in [-0.4, -0.2) is 11.9 Å². The fourth-order valence-corrected chi connectivity index (χ4v) is 4.53. The summed E-state index contributed by atoms with van der Waals surface area (Å²) in [6.45, 7) is 0. The average molecular weight is 388 g/mol. The van der Waals surface area contributed by atoms with Gasteiger partial charge in [-0.15, -0.1) is 0 Å². The molecule has 0 saturated heterocycles. The van der Waals surface area contributed by atoms with E-state index in [4.69, 9.17) is 28.5 Å². The molecule has 4 rings (SSSR count). The van der Waals surface area contributed by atoms with E-state index < -0.39 is 5.54 Å². The topological polar surface area (TPSA) is 43.2 Å². The summed E-state index contributed by atoms with van der Waals surface area (Å²) >= 11 is 12.3. The van der Waals surface area contributed by atoms with Gasteiger partial charge in [0.05, 0.1) is 0 Å². The lowest BCUT2D eigenvalue weighted by atomic mass is 9.82. The predicted molar refractivity (Wildman–Crippen MR) is 106 cm³/mol. The first kappa shape index (κ1) is 17.8. The minimum absolute atomic E-state index is 0.0692. The quantitative estimate of drug-likeness (QED) is 0.757. The molecule has 1 fully saturated rings. The van der Waals surface area contributed by atoms with Gasteiger partial charge in [0.1, 0.15) is 5.54 Å². The third-order valence-electron chi connectivity index (χ3n) is 5.38. The summed E-state index contributed by atoms with van der Waals surface area (Å²) in [5.74, 6) is -0.0692. The first-order chi connectivity index (χ1) is 12.6. The molecule has 5 heteroatoms. The van der Waals surface area contributed by atoms with Gasteiger partial charge < -0.3 is 5.32 Å². The van der Waals surface area contributed by atoms with Gasteiger partial charge in [0.25, 0.3) is 5.91 Å². The maximum absolute atomic E-state index is 13.1. The van der Waals surface area contributed by atoms with Crippen molar-refractivity contribution in [3.05, 3.63) is 63.6 Å². The Labute approximate surface area is 164 Å². The first-order valence-corrected chi connectivity index (χ1v) is 9.90. The van der Waals surface area contributed by atoms with E-state index in [0.29, 0.717) is 16.5 Å². The predicted octanol–water partition coefficient (Wildman–Crippen LogP) is 5.32. The van der Waals surface area contributed by atoms with Crippen LogP contribution < -0.4 is 10.6 Å². The van der Waals surface area contributed by atoms with Crippen molar-refractivity contribution in [1.82, 2.24) is 5.32 Å². The Kier molecular flexibility index (Phi) is 4.96. The molecule has 2 aliphatic rings. The summed E-state index contributed by atoms with van der Waals surface area (Å²) in [6.07, 6.45) is 6.21. The van der Waals surface area contributed by atoms with Crippen LogP contribution in [0.3, 0.4) is 0 Å². The Morgan fingerprint density at radius 1 is 1.04 bits per heavy atom. The van der Waals surface area contributed by atoms with Crippen LogP contribution >= 0.6 is 23.2 Å². The molecule has 1 amide bonds. The minimum Gasteiger partial charge on any atom is -0.324 e. The third kappa shape index (κ3) is 3.36. The van der Waals surface area contributed by atoms with E-state index in [-0.39, 0.29) is 11.9 Å². The SMILES string of the molecule is O=C1Nc2cc(Cl)ccc2C1(Cc1cccc(Cl)c1)[N]C1CCCCC1. The van der Waals surface area contributed by atoms with Gasteiger partial charge in [0.2, 0.25) is 0 Å². The molecule has 1 aliphatic carbocycles. The minimum atomic E-state index is -0.910. The van der Waals surface area contributed by atoms with Gasteiger partial charge in [-0.05, 0) is 42.7 Å². The fraction of sp³-hybridized carbons (Fsp3) is 0.381. The van der Waals surface area contributed by atoms with E-state index in [0.717, 1.165) is 29.7 Å². The van der Waals surface area contributed by atoms with E-state index in [1.54, 1.807) is 0 Å². The van der Waals surface area contributed by atoms with E-state index >= 15 is 0 Å². The van der Waals surface area contributed by atoms with Gasteiger partial charge in [-0.2, -0.15) is 0 Å². The molecule has 0 bridgehead atoms. The van der Waals surface area contributed by atoms with Crippen LogP contribution in [0.5, 0.6) is 0 Å². The third-order valence-corrected chi connectivity index (χ3v) is 5.85. The second-order valence-electron chi connectivity index (χ2n) is 7.23. The molecular formula is C21H21Cl2N2O. The van der Waals surface area contributed by atoms with Gasteiger partial charge in [0, 0.05) is 33.8 Å². The lowest BCUT2D eigenvalue weighted by Gasteiger charge is -2.33. The van der Waals surface area contributed by atoms with Crippen LogP contribution in [0.25, 0.3) is 0 Å². The van der Waals surface area contributed by atoms with Crippen LogP contribution in [0.4, 0.5) is 5.69 Å². The number of fused-ring (bicyclic) bond motifs is 1. The molecule has 3 nitrogen and oxygen atoms in total. The first-order valence-electron chi connectivity index (χ1n) is 9.15. The van der Waals surface area contributed by atoms with E-state index in [9.17, 15) is 4.79 Å². The summed E-state index contributed by atoms with van der Waals surface area (Å²) < 4.78 is 0. The van der Waals surface area contributed by atoms with Crippen molar-refractivity contribution in [1.29, 1.82) is 0 Å². The zero-order valence-electron chi connectivity index (χ0n) is 14.5. The second-order valence-corrected chi connectivity index (χ2v) is 8.10. The summed E-state index contributed by atoms with van der Waals surface area (Å²) in [7, 11) is 0. The van der Waals surface area contributed by atoms with Crippen molar-refractivity contribution in [2.45, 2.75) is 50.1 Å². The fourth-order valence-electron chi connectivity index (χ4n) is 4.14. The molecule has 1 N–H and O–H groups in total. The molecule has 0 spiro atoms. The average Bonchev–Trinajstić information content (AvgIpc) is 2.86. The summed E-state index contributed by atoms with van der Waals surface area (Å²) in [4.78, 5) is 13.1. The lowest BCUT2D eigenvalue weighted by molar-refractivity contribution is -0.122. The number of nitrogens with zero attached hydrogens (tertiary/aromatic N) is 1. The highest BCUT2D eigenvalue weighted by Gasteiger charge is 2.49. The molecule has 2 aromatic carbocycles. The molecule has 26 heavy (non-hydrogen) atoms. The van der Waals surface area contributed by atoms with Gasteiger partial charge in [-0.25, -0.2) is 5.32 Å². The number of amides is 1. The molecule has 2 aromatic rings. The molecule has 135 valence electrons. The summed E-state index contributed by atoms with van der Waals surface area (Å²) in [5, 5.41) is 9.43. The van der Waals surface area contributed by atoms with Crippen molar-refractivity contribution in [3.8, 4) is 0 Å². The summed E-state index contributed by atoms with van der Waals surface area (Å²) in [6, 6.07) is 13.5. The molecular weight excluding hydrogens is 367 g/mol. The molecule has 1 radical (unpaired) electrons. The number of carbonyl (C=O) groups is 1. The molecule has 1 unspecified atom stereocenters. The highest BCUT2D eigenvalue weighted by atomic mass is 35.5. The van der Waals surface area contributed by atoms with E-state index in [1.165, 1.54) is 19.3 Å². The molecule has 1 aliphatic heterocycles. The highest BCUT2D eigenvalue weighted by Crippen LogP contribution is 2.42. The number of hydrogen-bond donors (Lipinski definition) is 1. The van der Waals surface area contributed by atoms with Crippen LogP contribution in [0.1, 0.15) is 43.2 Å². The molecule has 1 atom stereocenters. The van der Waals surface area contributed by atoms with E-state index in [1.807, 2.05) is 42.5 Å². The van der Waals surface area contributed by atoms with Crippen molar-refractivity contribution in [2.24, 2.45) is 0 Å². The molecule has 0 aromatic heterocycles. The lowest BCUT2D eigenvalue weighted by Crippen LogP contribution is -2.49. The zero-order chi connectivity index (χ0) is 18.1. The number of carbonyl (C=O) groups excluding carboxylic acids is 1. The zero-order valence-corrected chi connectivity index (χ0v) is 16.0. The number of rotatable bonds is 4. The Bertz CT molecular complexity index is 833. The van der Waals surface area contributed by atoms with Gasteiger partial charge in [-0.1, -0.05) is 60.7 Å². The Hall–Kier alpha value is -1.55. The van der Waals surface area contributed by atoms with Crippen molar-refractivity contribution in [3.63, 3.8) is 0 Å². The van der Waals surface area contributed by atoms with Crippen LogP contribution in [0.15, 0.2) is 42.5 Å². The number of benzene rings is 2. The smallest absolute Gasteiger partial charge is 0.251 e. The molecule has 1 saturated carbocycles. The monoisotopic (exact) mass is 387 g/mol. The van der Waals surface area contributed by atoms with Crippen molar-refractivity contribution >= 4 is 34.8 Å². The number of hydrogen-bond acceptors (Lipinski definition) is 1. The van der Waals surface area contributed by atoms with Gasteiger partial charge in [0.15, 0.2) is 0 Å². The highest BCUT2D eigenvalue weighted by molar-refractivity contribution is 6.31. The van der Waals surface area contributed by atoms with Crippen LogP contribution in [0.2, 0.25) is 10.0 Å². The van der Waals surface area contributed by atoms with E-state index in [2.05, 4.69) is 5.32 Å². The maximum Gasteiger partial charge on any atom is 0.251 e. The second kappa shape index (κ2) is 7.22. The van der Waals surface area contributed by atoms with Gasteiger partial charge >= 0.3 is 0 Å². The normalized spacial score (nSPS) is 22.9. The van der Waals surface area contributed by atoms with Gasteiger partial charge in [-0.3, -0.25) is 4.79 Å². The Balaban J connectivity index is 1.75. The Morgan fingerprint density at radius 3 is 2.58 bits per heavy atom. The maximum atomic E-state index is 13.1. The van der Waals surface area contributed by atoms with Crippen LogP contribution in [-0.2, 0) is 16.8 Å². The molecule has 1 heterocycles. The number of anilines is 1. The standard InChI is InChI=1S/C21H21Cl2N2O/c22-15-6-4-5-14(11-15)13-21(25-17-7-2-1-3-8-17)18-10-9-16(23)12-19(18)24-20(21)26/h4-6,9-12,17H,1-3,7-8,13H2,(H,24,26). The Morgan fingerprint density at radius 2 is 1.81 bits per heavy atom. The number of halogens is 2.